The largest absolute Gasteiger partial charge is 0.154 e. The van der Waals surface area contributed by atoms with Crippen LogP contribution in [-0.2, 0) is 0 Å². The molecule has 0 bridgehead atoms. The lowest BCUT2D eigenvalue weighted by Gasteiger charge is -2.19. The SMILES string of the molecule is Cc1cc(C)c(-c2cccc(-c3c(C)cc(C)cc3C)c2[Si]=S)c(C)c1. The topological polar surface area (TPSA) is 0 Å². The molecule has 2 heteroatoms. The maximum absolute atomic E-state index is 5.65. The van der Waals surface area contributed by atoms with E-state index in [9.17, 15) is 0 Å². The Morgan fingerprint density at radius 3 is 1.27 bits per heavy atom. The Labute approximate surface area is 164 Å². The first-order valence-corrected chi connectivity index (χ1v) is 11.1. The molecule has 0 amide bonds. The maximum atomic E-state index is 5.65. The molecule has 0 N–H and O–H groups in total. The van der Waals surface area contributed by atoms with Gasteiger partial charge in [-0.25, -0.2) is 0 Å². The average molecular weight is 374 g/mol. The second kappa shape index (κ2) is 7.38. The molecular weight excluding hydrogens is 348 g/mol. The lowest BCUT2D eigenvalue weighted by Crippen LogP contribution is -2.15. The zero-order valence-corrected chi connectivity index (χ0v) is 18.3. The Balaban J connectivity index is 2.34. The molecule has 0 nitrogen and oxygen atoms in total. The lowest BCUT2D eigenvalue weighted by molar-refractivity contribution is 1.31. The first-order chi connectivity index (χ1) is 12.3. The highest BCUT2D eigenvalue weighted by atomic mass is 32.2. The molecule has 0 aliphatic rings. The van der Waals surface area contributed by atoms with E-state index in [2.05, 4.69) is 84.0 Å². The summed E-state index contributed by atoms with van der Waals surface area (Å²) >= 11 is 5.65. The van der Waals surface area contributed by atoms with Gasteiger partial charge in [-0.2, -0.15) is 0 Å². The van der Waals surface area contributed by atoms with Gasteiger partial charge in [0, 0.05) is 0 Å². The van der Waals surface area contributed by atoms with Gasteiger partial charge in [0.05, 0.1) is 0 Å². The van der Waals surface area contributed by atoms with Crippen LogP contribution in [0, 0.1) is 41.5 Å². The highest BCUT2D eigenvalue weighted by Crippen LogP contribution is 2.32. The lowest BCUT2D eigenvalue weighted by atomic mass is 9.89. The van der Waals surface area contributed by atoms with E-state index < -0.39 is 0 Å². The molecule has 131 valence electrons. The van der Waals surface area contributed by atoms with Crippen LogP contribution in [0.5, 0.6) is 0 Å². The molecule has 3 aromatic carbocycles. The van der Waals surface area contributed by atoms with Crippen LogP contribution in [0.1, 0.15) is 33.4 Å². The molecule has 0 spiro atoms. The average Bonchev–Trinajstić information content (AvgIpc) is 2.53. The molecule has 0 aromatic heterocycles. The van der Waals surface area contributed by atoms with Crippen LogP contribution in [0.3, 0.4) is 0 Å². The van der Waals surface area contributed by atoms with Gasteiger partial charge in [0.1, 0.15) is 0 Å². The van der Waals surface area contributed by atoms with Crippen LogP contribution in [0.2, 0.25) is 0 Å². The number of hydrogen-bond donors (Lipinski definition) is 0. The highest BCUT2D eigenvalue weighted by Gasteiger charge is 2.16. The van der Waals surface area contributed by atoms with E-state index in [-0.39, 0.29) is 0 Å². The monoisotopic (exact) mass is 373 g/mol. The van der Waals surface area contributed by atoms with Crippen LogP contribution in [-0.4, -0.2) is 8.23 Å². The molecule has 1 radical (unpaired) electrons. The molecule has 0 saturated heterocycles. The third kappa shape index (κ3) is 3.36. The minimum atomic E-state index is 0.342. The summed E-state index contributed by atoms with van der Waals surface area (Å²) in [6.07, 6.45) is 0. The first-order valence-electron chi connectivity index (χ1n) is 9.01. The van der Waals surface area contributed by atoms with Gasteiger partial charge in [-0.15, -0.1) is 11.6 Å². The summed E-state index contributed by atoms with van der Waals surface area (Å²) in [6.45, 7) is 13.2. The highest BCUT2D eigenvalue weighted by molar-refractivity contribution is 7.87. The van der Waals surface area contributed by atoms with Gasteiger partial charge in [0.15, 0.2) is 8.23 Å². The molecule has 0 atom stereocenters. The zero-order chi connectivity index (χ0) is 19.0. The number of benzene rings is 3. The van der Waals surface area contributed by atoms with E-state index >= 15 is 0 Å². The van der Waals surface area contributed by atoms with Crippen molar-refractivity contribution < 1.29 is 0 Å². The van der Waals surface area contributed by atoms with Gasteiger partial charge in [0.25, 0.3) is 0 Å². The standard InChI is InChI=1S/C24H25SSi/c1-14-10-16(3)22(17(4)11-14)20-8-7-9-21(24(20)26-25)23-18(5)12-15(2)13-19(23)6/h7-13H,1-6H3. The molecule has 0 heterocycles. The van der Waals surface area contributed by atoms with Crippen molar-refractivity contribution in [3.63, 3.8) is 0 Å². The van der Waals surface area contributed by atoms with Crippen molar-refractivity contribution in [3.8, 4) is 22.3 Å². The Morgan fingerprint density at radius 2 is 0.962 bits per heavy atom. The van der Waals surface area contributed by atoms with Gasteiger partial charge < -0.3 is 0 Å². The quantitative estimate of drug-likeness (QED) is 0.485. The van der Waals surface area contributed by atoms with E-state index in [0.717, 1.165) is 0 Å². The van der Waals surface area contributed by atoms with Gasteiger partial charge >= 0.3 is 0 Å². The number of rotatable bonds is 3. The summed E-state index contributed by atoms with van der Waals surface area (Å²) in [5, 5.41) is 1.30. The predicted molar refractivity (Wildman–Crippen MR) is 119 cm³/mol. The van der Waals surface area contributed by atoms with E-state index in [1.165, 1.54) is 60.8 Å². The van der Waals surface area contributed by atoms with Gasteiger partial charge in [-0.3, -0.25) is 0 Å². The van der Waals surface area contributed by atoms with Crippen LogP contribution < -0.4 is 5.19 Å². The molecule has 0 saturated carbocycles. The van der Waals surface area contributed by atoms with Crippen molar-refractivity contribution in [2.45, 2.75) is 41.5 Å². The first kappa shape index (κ1) is 18.9. The van der Waals surface area contributed by atoms with Crippen molar-refractivity contribution in [1.29, 1.82) is 0 Å². The Hall–Kier alpha value is -1.90. The smallest absolute Gasteiger partial charge is 0.132 e. The van der Waals surface area contributed by atoms with Crippen molar-refractivity contribution >= 4 is 25.0 Å². The summed E-state index contributed by atoms with van der Waals surface area (Å²) in [5.41, 5.74) is 13.2. The fourth-order valence-corrected chi connectivity index (χ4v) is 5.58. The van der Waals surface area contributed by atoms with Crippen molar-refractivity contribution in [2.24, 2.45) is 0 Å². The fourth-order valence-electron chi connectivity index (χ4n) is 4.29. The predicted octanol–water partition coefficient (Wildman–Crippen LogP) is 6.31. The van der Waals surface area contributed by atoms with E-state index in [1.807, 2.05) is 0 Å². The molecule has 0 fully saturated rings. The summed E-state index contributed by atoms with van der Waals surface area (Å²) in [6, 6.07) is 15.7. The van der Waals surface area contributed by atoms with Gasteiger partial charge in [-0.05, 0) is 91.2 Å². The minimum absolute atomic E-state index is 0.342. The molecule has 3 aromatic rings. The van der Waals surface area contributed by atoms with E-state index in [1.54, 1.807) is 0 Å². The molecule has 0 aliphatic carbocycles. The maximum Gasteiger partial charge on any atom is 0.154 e. The van der Waals surface area contributed by atoms with Crippen molar-refractivity contribution in [2.75, 3.05) is 0 Å². The zero-order valence-electron chi connectivity index (χ0n) is 16.4. The fraction of sp³-hybridized carbons (Fsp3) is 0.250. The van der Waals surface area contributed by atoms with Crippen molar-refractivity contribution in [1.82, 2.24) is 0 Å². The Morgan fingerprint density at radius 1 is 0.615 bits per heavy atom. The summed E-state index contributed by atoms with van der Waals surface area (Å²) in [7, 11) is 0.342. The Bertz CT molecular complexity index is 893. The van der Waals surface area contributed by atoms with Gasteiger partial charge in [-0.1, -0.05) is 53.6 Å². The van der Waals surface area contributed by atoms with Gasteiger partial charge in [0.2, 0.25) is 0 Å². The summed E-state index contributed by atoms with van der Waals surface area (Å²) in [5.74, 6) is 0. The third-order valence-corrected chi connectivity index (χ3v) is 6.41. The molecule has 0 unspecified atom stereocenters. The van der Waals surface area contributed by atoms with Crippen LogP contribution in [0.25, 0.3) is 22.3 Å². The van der Waals surface area contributed by atoms with Crippen LogP contribution in [0.4, 0.5) is 0 Å². The second-order valence-corrected chi connectivity index (χ2v) is 8.69. The summed E-state index contributed by atoms with van der Waals surface area (Å²) < 4.78 is 0. The molecule has 26 heavy (non-hydrogen) atoms. The Kier molecular flexibility index (Phi) is 5.36. The van der Waals surface area contributed by atoms with E-state index in [0.29, 0.717) is 8.23 Å². The van der Waals surface area contributed by atoms with Crippen LogP contribution in [0.15, 0.2) is 42.5 Å². The normalized spacial score (nSPS) is 10.8. The number of aryl methyl sites for hydroxylation is 6. The third-order valence-electron chi connectivity index (χ3n) is 5.06. The number of hydrogen-bond acceptors (Lipinski definition) is 1. The summed E-state index contributed by atoms with van der Waals surface area (Å²) in [4.78, 5) is 0. The molecule has 0 aliphatic heterocycles. The molecular formula is C24H25SSi. The molecule has 3 rings (SSSR count). The van der Waals surface area contributed by atoms with Crippen LogP contribution >= 0.6 is 11.6 Å². The minimum Gasteiger partial charge on any atom is -0.132 e. The second-order valence-electron chi connectivity index (χ2n) is 7.38. The van der Waals surface area contributed by atoms with E-state index in [4.69, 9.17) is 11.6 Å². The van der Waals surface area contributed by atoms with Crippen molar-refractivity contribution in [3.05, 3.63) is 75.8 Å².